The van der Waals surface area contributed by atoms with Crippen molar-refractivity contribution in [2.45, 2.75) is 31.6 Å². The fourth-order valence-corrected chi connectivity index (χ4v) is 4.62. The molecule has 2 aromatic carbocycles. The average molecular weight is 532 g/mol. The summed E-state index contributed by atoms with van der Waals surface area (Å²) < 4.78 is 5.26. The molecule has 0 aliphatic carbocycles. The summed E-state index contributed by atoms with van der Waals surface area (Å²) in [5, 5.41) is 5.65. The first-order chi connectivity index (χ1) is 18.3. The van der Waals surface area contributed by atoms with E-state index in [1.54, 1.807) is 23.6 Å². The van der Waals surface area contributed by atoms with E-state index >= 15 is 0 Å². The van der Waals surface area contributed by atoms with E-state index in [9.17, 15) is 4.79 Å². The first kappa shape index (κ1) is 27.0. The lowest BCUT2D eigenvalue weighted by atomic mass is 9.80. The molecule has 0 atom stereocenters. The van der Waals surface area contributed by atoms with Crippen LogP contribution in [0.3, 0.4) is 0 Å². The number of hydrogen-bond donors (Lipinski definition) is 3. The number of benzene rings is 2. The molecule has 10 heteroatoms. The molecule has 0 radical (unpaired) electrons. The van der Waals surface area contributed by atoms with E-state index in [4.69, 9.17) is 16.2 Å². The summed E-state index contributed by atoms with van der Waals surface area (Å²) in [7, 11) is 0. The average Bonchev–Trinajstić information content (AvgIpc) is 2.94. The highest BCUT2D eigenvalue weighted by Gasteiger charge is 2.38. The molecule has 0 bridgehead atoms. The van der Waals surface area contributed by atoms with Crippen molar-refractivity contribution in [2.24, 2.45) is 16.3 Å². The molecule has 0 saturated carbocycles. The number of ether oxygens (including phenoxy) is 1. The summed E-state index contributed by atoms with van der Waals surface area (Å²) in [4.78, 5) is 24.2. The van der Waals surface area contributed by atoms with Crippen molar-refractivity contribution in [2.75, 3.05) is 35.3 Å². The van der Waals surface area contributed by atoms with Gasteiger partial charge in [0.05, 0.1) is 29.6 Å². The second-order valence-electron chi connectivity index (χ2n) is 9.41. The highest BCUT2D eigenvalue weighted by molar-refractivity contribution is 7.80. The number of hydrogen-bond acceptors (Lipinski definition) is 10. The Labute approximate surface area is 228 Å². The molecule has 4 rings (SSSR count). The standard InChI is InChI=1S/C28H33N7O2S/c1-4-37-26(36)28(2)10-12-34(13-11-28)27-32-16-20(17-33-27)19-14-22(25(38)23(29)15-19)24(30)18-35(31-3)21-8-6-5-7-9-21/h5-9,14-18,38H,3-4,10-13,29-30H2,1-2H3/b24-18-. The Morgan fingerprint density at radius 2 is 1.87 bits per heavy atom. The Balaban J connectivity index is 1.54. The van der Waals surface area contributed by atoms with Crippen molar-refractivity contribution in [3.8, 4) is 11.1 Å². The Hall–Kier alpha value is -4.05. The van der Waals surface area contributed by atoms with Crippen molar-refractivity contribution in [1.82, 2.24) is 9.97 Å². The first-order valence-electron chi connectivity index (χ1n) is 12.4. The molecule has 1 fully saturated rings. The second-order valence-corrected chi connectivity index (χ2v) is 9.85. The molecule has 9 nitrogen and oxygen atoms in total. The zero-order valence-corrected chi connectivity index (χ0v) is 22.6. The maximum absolute atomic E-state index is 12.3. The van der Waals surface area contributed by atoms with Crippen molar-refractivity contribution < 1.29 is 9.53 Å². The normalized spacial score (nSPS) is 15.1. The van der Waals surface area contributed by atoms with Crippen LogP contribution in [-0.4, -0.2) is 42.4 Å². The van der Waals surface area contributed by atoms with E-state index in [0.717, 1.165) is 16.8 Å². The van der Waals surface area contributed by atoms with Gasteiger partial charge in [0.1, 0.15) is 0 Å². The molecule has 1 aliphatic heterocycles. The van der Waals surface area contributed by atoms with Crippen molar-refractivity contribution in [1.29, 1.82) is 0 Å². The van der Waals surface area contributed by atoms with E-state index < -0.39 is 5.41 Å². The summed E-state index contributed by atoms with van der Waals surface area (Å²) in [6, 6.07) is 13.3. The van der Waals surface area contributed by atoms with Crippen LogP contribution in [0.25, 0.3) is 16.8 Å². The van der Waals surface area contributed by atoms with Gasteiger partial charge in [0.25, 0.3) is 0 Å². The van der Waals surface area contributed by atoms with Crippen molar-refractivity contribution >= 4 is 48.3 Å². The summed E-state index contributed by atoms with van der Waals surface area (Å²) in [6.07, 6.45) is 6.58. The number of esters is 1. The lowest BCUT2D eigenvalue weighted by molar-refractivity contribution is -0.155. The predicted molar refractivity (Wildman–Crippen MR) is 156 cm³/mol. The van der Waals surface area contributed by atoms with Crippen molar-refractivity contribution in [3.05, 3.63) is 66.6 Å². The van der Waals surface area contributed by atoms with E-state index in [2.05, 4.69) is 39.3 Å². The molecular weight excluding hydrogens is 498 g/mol. The van der Waals surface area contributed by atoms with Crippen LogP contribution in [-0.2, 0) is 9.53 Å². The van der Waals surface area contributed by atoms with Gasteiger partial charge in [0.2, 0.25) is 5.95 Å². The van der Waals surface area contributed by atoms with Crippen LogP contribution in [0.4, 0.5) is 17.3 Å². The Kier molecular flexibility index (Phi) is 8.21. The van der Waals surface area contributed by atoms with Crippen LogP contribution in [0, 0.1) is 5.41 Å². The Morgan fingerprint density at radius 1 is 1.21 bits per heavy atom. The number of nitrogen functional groups attached to an aromatic ring is 1. The van der Waals surface area contributed by atoms with E-state index in [1.165, 1.54) is 0 Å². The lowest BCUT2D eigenvalue weighted by Crippen LogP contribution is -2.44. The number of carbonyl (C=O) groups is 1. The molecule has 1 saturated heterocycles. The zero-order valence-electron chi connectivity index (χ0n) is 21.7. The number of anilines is 3. The van der Waals surface area contributed by atoms with E-state index in [0.29, 0.717) is 60.3 Å². The quantitative estimate of drug-likeness (QED) is 0.127. The van der Waals surface area contributed by atoms with E-state index in [1.807, 2.05) is 56.3 Å². The topological polar surface area (TPSA) is 123 Å². The van der Waals surface area contributed by atoms with E-state index in [-0.39, 0.29) is 5.97 Å². The van der Waals surface area contributed by atoms with Gasteiger partial charge in [-0.2, -0.15) is 5.10 Å². The summed E-state index contributed by atoms with van der Waals surface area (Å²) in [6.45, 7) is 9.18. The monoisotopic (exact) mass is 531 g/mol. The number of nitrogens with zero attached hydrogens (tertiary/aromatic N) is 5. The second kappa shape index (κ2) is 11.6. The number of nitrogens with two attached hydrogens (primary N) is 2. The Morgan fingerprint density at radius 3 is 2.47 bits per heavy atom. The highest BCUT2D eigenvalue weighted by Crippen LogP contribution is 2.35. The lowest BCUT2D eigenvalue weighted by Gasteiger charge is -2.37. The molecule has 38 heavy (non-hydrogen) atoms. The van der Waals surface area contributed by atoms with Crippen LogP contribution in [0.1, 0.15) is 32.3 Å². The first-order valence-corrected chi connectivity index (χ1v) is 12.9. The SMILES string of the molecule is C=NN(/C=C(\N)c1cc(-c2cnc(N3CCC(C)(C(=O)OCC)CC3)nc2)cc(N)c1S)c1ccccc1. The number of para-hydroxylation sites is 1. The fourth-order valence-electron chi connectivity index (χ4n) is 4.37. The molecule has 4 N–H and O–H groups in total. The minimum absolute atomic E-state index is 0.138. The van der Waals surface area contributed by atoms with Gasteiger partial charge in [-0.05, 0) is 56.5 Å². The van der Waals surface area contributed by atoms with Gasteiger partial charge < -0.3 is 21.1 Å². The van der Waals surface area contributed by atoms with Gasteiger partial charge in [-0.25, -0.2) is 15.0 Å². The number of rotatable bonds is 8. The van der Waals surface area contributed by atoms with Crippen LogP contribution in [0.15, 0.2) is 71.1 Å². The van der Waals surface area contributed by atoms with Crippen LogP contribution >= 0.6 is 12.6 Å². The molecule has 0 spiro atoms. The number of hydrazone groups is 1. The van der Waals surface area contributed by atoms with Gasteiger partial charge in [-0.15, -0.1) is 12.6 Å². The molecule has 1 aromatic heterocycles. The summed E-state index contributed by atoms with van der Waals surface area (Å²) in [5.41, 5.74) is 16.3. The number of carbonyl (C=O) groups excluding carboxylic acids is 1. The summed E-state index contributed by atoms with van der Waals surface area (Å²) in [5.74, 6) is 0.481. The third-order valence-electron chi connectivity index (χ3n) is 6.77. The van der Waals surface area contributed by atoms with Gasteiger partial charge in [-0.1, -0.05) is 18.2 Å². The van der Waals surface area contributed by atoms with Crippen molar-refractivity contribution in [3.63, 3.8) is 0 Å². The molecule has 198 valence electrons. The van der Waals surface area contributed by atoms with Crippen LogP contribution in [0.5, 0.6) is 0 Å². The maximum Gasteiger partial charge on any atom is 0.311 e. The number of aromatic nitrogens is 2. The minimum atomic E-state index is -0.473. The molecule has 0 unspecified atom stereocenters. The number of thiol groups is 1. The van der Waals surface area contributed by atoms with Gasteiger partial charge in [0.15, 0.2) is 0 Å². The van der Waals surface area contributed by atoms with Crippen LogP contribution < -0.4 is 21.4 Å². The minimum Gasteiger partial charge on any atom is -0.466 e. The maximum atomic E-state index is 12.3. The molecule has 1 aliphatic rings. The van der Waals surface area contributed by atoms with Gasteiger partial charge in [0, 0.05) is 53.9 Å². The highest BCUT2D eigenvalue weighted by atomic mass is 32.1. The largest absolute Gasteiger partial charge is 0.466 e. The third-order valence-corrected chi connectivity index (χ3v) is 7.27. The molecule has 3 aromatic rings. The number of piperidine rings is 1. The third kappa shape index (κ3) is 5.75. The Bertz CT molecular complexity index is 1320. The predicted octanol–water partition coefficient (Wildman–Crippen LogP) is 4.56. The van der Waals surface area contributed by atoms with Crippen LogP contribution in [0.2, 0.25) is 0 Å². The fraction of sp³-hybridized carbons (Fsp3) is 0.286. The molecular formula is C28H33N7O2S. The molecule has 0 amide bonds. The van der Waals surface area contributed by atoms with Gasteiger partial charge in [-0.3, -0.25) is 4.79 Å². The molecule has 2 heterocycles. The van der Waals surface area contributed by atoms with Gasteiger partial charge >= 0.3 is 5.97 Å². The smallest absolute Gasteiger partial charge is 0.311 e. The summed E-state index contributed by atoms with van der Waals surface area (Å²) >= 11 is 4.60. The zero-order chi connectivity index (χ0) is 27.3.